The van der Waals surface area contributed by atoms with Gasteiger partial charge >= 0.3 is 0 Å². The molecule has 1 N–H and O–H groups in total. The number of hydrazone groups is 1. The van der Waals surface area contributed by atoms with Gasteiger partial charge in [-0.1, -0.05) is 36.4 Å². The molecule has 184 valence electrons. The van der Waals surface area contributed by atoms with Crippen molar-refractivity contribution in [3.05, 3.63) is 89.5 Å². The lowest BCUT2D eigenvalue weighted by atomic mass is 9.96. The van der Waals surface area contributed by atoms with Crippen LogP contribution in [0.2, 0.25) is 0 Å². The molecule has 35 heavy (non-hydrogen) atoms. The van der Waals surface area contributed by atoms with Crippen LogP contribution in [0, 0.1) is 6.92 Å². The lowest BCUT2D eigenvalue weighted by Crippen LogP contribution is -2.27. The second-order valence-electron chi connectivity index (χ2n) is 8.16. The molecular formula is C25H27N3O5S2. The van der Waals surface area contributed by atoms with Gasteiger partial charge in [-0.05, 0) is 66.9 Å². The molecule has 1 atom stereocenters. The van der Waals surface area contributed by atoms with Crippen molar-refractivity contribution in [2.75, 3.05) is 17.6 Å². The van der Waals surface area contributed by atoms with Crippen molar-refractivity contribution >= 4 is 31.4 Å². The van der Waals surface area contributed by atoms with E-state index in [1.54, 1.807) is 43.3 Å². The number of nitrogens with one attached hydrogen (secondary N) is 1. The molecule has 0 aromatic heterocycles. The van der Waals surface area contributed by atoms with E-state index in [2.05, 4.69) is 9.82 Å². The number of ether oxygens (including phenoxy) is 1. The predicted octanol–water partition coefficient (Wildman–Crippen LogP) is 4.31. The maximum atomic E-state index is 13.7. The Balaban J connectivity index is 1.73. The van der Waals surface area contributed by atoms with E-state index in [1.165, 1.54) is 23.7 Å². The van der Waals surface area contributed by atoms with Crippen LogP contribution < -0.4 is 9.46 Å². The molecule has 0 radical (unpaired) electrons. The molecule has 10 heteroatoms. The maximum absolute atomic E-state index is 13.7. The molecule has 1 heterocycles. The Labute approximate surface area is 206 Å². The minimum absolute atomic E-state index is 0.0300. The van der Waals surface area contributed by atoms with E-state index < -0.39 is 26.1 Å². The van der Waals surface area contributed by atoms with Gasteiger partial charge in [0.2, 0.25) is 10.0 Å². The van der Waals surface area contributed by atoms with Crippen LogP contribution in [0.25, 0.3) is 0 Å². The Bertz CT molecular complexity index is 1450. The monoisotopic (exact) mass is 513 g/mol. The summed E-state index contributed by atoms with van der Waals surface area (Å²) in [5, 5.41) is 4.56. The summed E-state index contributed by atoms with van der Waals surface area (Å²) in [7, 11) is -5.83. The molecule has 1 aliphatic rings. The summed E-state index contributed by atoms with van der Waals surface area (Å²) in [6.07, 6.45) is 0.375. The van der Waals surface area contributed by atoms with Crippen molar-refractivity contribution in [1.82, 2.24) is 4.41 Å². The van der Waals surface area contributed by atoms with Crippen molar-refractivity contribution in [3.63, 3.8) is 0 Å². The Morgan fingerprint density at radius 1 is 0.971 bits per heavy atom. The number of hydrogen-bond acceptors (Lipinski definition) is 6. The molecule has 1 aliphatic heterocycles. The first-order valence-corrected chi connectivity index (χ1v) is 14.2. The van der Waals surface area contributed by atoms with Crippen LogP contribution in [0.4, 0.5) is 5.69 Å². The Kier molecular flexibility index (Phi) is 6.86. The topological polar surface area (TPSA) is 105 Å². The van der Waals surface area contributed by atoms with Crippen molar-refractivity contribution in [1.29, 1.82) is 0 Å². The minimum atomic E-state index is -3.96. The van der Waals surface area contributed by atoms with E-state index in [0.29, 0.717) is 23.6 Å². The average Bonchev–Trinajstić information content (AvgIpc) is 3.31. The summed E-state index contributed by atoms with van der Waals surface area (Å²) < 4.78 is 59.9. The molecule has 3 aromatic rings. The molecule has 0 saturated carbocycles. The van der Waals surface area contributed by atoms with Gasteiger partial charge in [0.25, 0.3) is 10.0 Å². The highest BCUT2D eigenvalue weighted by atomic mass is 32.2. The average molecular weight is 514 g/mol. The number of aryl methyl sites for hydroxylation is 1. The highest BCUT2D eigenvalue weighted by molar-refractivity contribution is 7.92. The van der Waals surface area contributed by atoms with Crippen LogP contribution in [0.5, 0.6) is 5.75 Å². The first-order valence-electron chi connectivity index (χ1n) is 11.1. The van der Waals surface area contributed by atoms with Gasteiger partial charge in [-0.2, -0.15) is 17.9 Å². The van der Waals surface area contributed by atoms with Gasteiger partial charge < -0.3 is 4.74 Å². The minimum Gasteiger partial charge on any atom is -0.497 e. The van der Waals surface area contributed by atoms with Crippen molar-refractivity contribution in [3.8, 4) is 5.75 Å². The molecule has 8 nitrogen and oxygen atoms in total. The molecule has 0 bridgehead atoms. The van der Waals surface area contributed by atoms with Crippen LogP contribution in [0.3, 0.4) is 0 Å². The zero-order valence-electron chi connectivity index (χ0n) is 19.7. The number of nitrogens with zero attached hydrogens (tertiary/aromatic N) is 2. The largest absolute Gasteiger partial charge is 0.497 e. The molecule has 0 fully saturated rings. The fraction of sp³-hybridized carbons (Fsp3) is 0.240. The number of sulfonamides is 2. The quantitative estimate of drug-likeness (QED) is 0.483. The van der Waals surface area contributed by atoms with Crippen LogP contribution in [0.15, 0.2) is 82.8 Å². The summed E-state index contributed by atoms with van der Waals surface area (Å²) in [6.45, 7) is 3.51. The van der Waals surface area contributed by atoms with Crippen LogP contribution in [-0.4, -0.2) is 39.8 Å². The molecule has 0 unspecified atom stereocenters. The van der Waals surface area contributed by atoms with Gasteiger partial charge in [-0.3, -0.25) is 4.72 Å². The standard InChI is InChI=1S/C25H27N3O5S2/c1-4-34(29,30)27-20-11-9-19(10-12-20)24-17-25(23-8-6-5-7-18(23)2)28(26-24)35(31,32)22-15-13-21(33-3)14-16-22/h5-16,25,27H,4,17H2,1-3H3/t25-/m0/s1. The van der Waals surface area contributed by atoms with Gasteiger partial charge in [-0.25, -0.2) is 8.42 Å². The molecule has 3 aromatic carbocycles. The molecule has 4 rings (SSSR count). The Morgan fingerprint density at radius 3 is 2.23 bits per heavy atom. The summed E-state index contributed by atoms with van der Waals surface area (Å²) in [5.41, 5.74) is 3.59. The van der Waals surface area contributed by atoms with Crippen LogP contribution >= 0.6 is 0 Å². The van der Waals surface area contributed by atoms with Gasteiger partial charge in [0.15, 0.2) is 0 Å². The van der Waals surface area contributed by atoms with Gasteiger partial charge in [0, 0.05) is 12.1 Å². The van der Waals surface area contributed by atoms with E-state index in [0.717, 1.165) is 16.7 Å². The van der Waals surface area contributed by atoms with E-state index >= 15 is 0 Å². The summed E-state index contributed by atoms with van der Waals surface area (Å²) in [4.78, 5) is 0.117. The number of hydrogen-bond donors (Lipinski definition) is 1. The number of rotatable bonds is 8. The molecular weight excluding hydrogens is 486 g/mol. The normalized spacial score (nSPS) is 16.1. The lowest BCUT2D eigenvalue weighted by molar-refractivity contribution is 0.370. The third-order valence-corrected chi connectivity index (χ3v) is 8.90. The fourth-order valence-corrected chi connectivity index (χ4v) is 5.98. The van der Waals surface area contributed by atoms with Crippen molar-refractivity contribution in [2.45, 2.75) is 31.2 Å². The number of benzene rings is 3. The summed E-state index contributed by atoms with van der Waals surface area (Å²) >= 11 is 0. The van der Waals surface area contributed by atoms with Crippen molar-refractivity contribution in [2.24, 2.45) is 5.10 Å². The lowest BCUT2D eigenvalue weighted by Gasteiger charge is -2.24. The molecule has 0 saturated heterocycles. The van der Waals surface area contributed by atoms with E-state index in [4.69, 9.17) is 4.74 Å². The van der Waals surface area contributed by atoms with Gasteiger partial charge in [0.05, 0.1) is 29.5 Å². The number of methoxy groups -OCH3 is 1. The van der Waals surface area contributed by atoms with E-state index in [9.17, 15) is 16.8 Å². The first kappa shape index (κ1) is 24.7. The van der Waals surface area contributed by atoms with Gasteiger partial charge in [0.1, 0.15) is 5.75 Å². The van der Waals surface area contributed by atoms with Crippen LogP contribution in [0.1, 0.15) is 36.1 Å². The zero-order valence-corrected chi connectivity index (χ0v) is 21.3. The SMILES string of the molecule is CCS(=O)(=O)Nc1ccc(C2=NN(S(=O)(=O)c3ccc(OC)cc3)[C@H](c3ccccc3C)C2)cc1. The molecule has 0 amide bonds. The Hall–Kier alpha value is -3.37. The highest BCUT2D eigenvalue weighted by Gasteiger charge is 2.38. The van der Waals surface area contributed by atoms with E-state index in [-0.39, 0.29) is 10.6 Å². The third-order valence-electron chi connectivity index (χ3n) is 5.90. The van der Waals surface area contributed by atoms with E-state index in [1.807, 2.05) is 31.2 Å². The smallest absolute Gasteiger partial charge is 0.279 e. The zero-order chi connectivity index (χ0) is 25.2. The third kappa shape index (κ3) is 5.18. The van der Waals surface area contributed by atoms with Crippen molar-refractivity contribution < 1.29 is 21.6 Å². The first-order chi connectivity index (χ1) is 16.6. The Morgan fingerprint density at radius 2 is 1.63 bits per heavy atom. The fourth-order valence-electron chi connectivity index (χ4n) is 3.92. The highest BCUT2D eigenvalue weighted by Crippen LogP contribution is 2.38. The predicted molar refractivity (Wildman–Crippen MR) is 137 cm³/mol. The number of anilines is 1. The molecule has 0 spiro atoms. The second kappa shape index (κ2) is 9.71. The molecule has 0 aliphatic carbocycles. The summed E-state index contributed by atoms with van der Waals surface area (Å²) in [6, 6.07) is 20.1. The van der Waals surface area contributed by atoms with Crippen LogP contribution in [-0.2, 0) is 20.0 Å². The maximum Gasteiger partial charge on any atom is 0.279 e. The second-order valence-corrected chi connectivity index (χ2v) is 12.0. The van der Waals surface area contributed by atoms with Gasteiger partial charge in [-0.15, -0.1) is 0 Å². The summed E-state index contributed by atoms with van der Waals surface area (Å²) in [5.74, 6) is 0.529.